The zero-order valence-corrected chi connectivity index (χ0v) is 12.8. The van der Waals surface area contributed by atoms with E-state index in [9.17, 15) is 0 Å². The Hall–Kier alpha value is -1.25. The van der Waals surface area contributed by atoms with Gasteiger partial charge >= 0.3 is 0 Å². The van der Waals surface area contributed by atoms with Gasteiger partial charge in [0, 0.05) is 17.2 Å². The molecule has 0 atom stereocenters. The zero-order valence-electron chi connectivity index (χ0n) is 12.0. The van der Waals surface area contributed by atoms with E-state index < -0.39 is 0 Å². The summed E-state index contributed by atoms with van der Waals surface area (Å²) in [5, 5.41) is 0. The molecule has 0 saturated carbocycles. The lowest BCUT2D eigenvalue weighted by molar-refractivity contribution is 0.911. The summed E-state index contributed by atoms with van der Waals surface area (Å²) >= 11 is 1.94. The van der Waals surface area contributed by atoms with E-state index in [-0.39, 0.29) is 0 Å². The third-order valence-electron chi connectivity index (χ3n) is 4.11. The topological polar surface area (TPSA) is 26.0 Å². The summed E-state index contributed by atoms with van der Waals surface area (Å²) in [6, 6.07) is 13.5. The van der Waals surface area contributed by atoms with Crippen LogP contribution >= 0.6 is 11.8 Å². The molecule has 0 aromatic heterocycles. The van der Waals surface area contributed by atoms with Crippen LogP contribution in [0.1, 0.15) is 34.2 Å². The number of rotatable bonds is 4. The van der Waals surface area contributed by atoms with E-state index in [4.69, 9.17) is 5.73 Å². The maximum absolute atomic E-state index is 5.68. The molecule has 0 radical (unpaired) electrons. The molecule has 1 aliphatic rings. The maximum atomic E-state index is 5.68. The number of nitrogens with two attached hydrogens (primary N) is 1. The van der Waals surface area contributed by atoms with Crippen molar-refractivity contribution in [1.82, 2.24) is 0 Å². The largest absolute Gasteiger partial charge is 0.326 e. The standard InChI is InChI=1S/C18H21NS/c1-13-9-14(11-19)5-6-17(13)12-20-18-8-7-15-3-2-4-16(15)10-18/h5-10H,2-4,11-12,19H2,1H3. The third-order valence-corrected chi connectivity index (χ3v) is 5.15. The van der Waals surface area contributed by atoms with Crippen molar-refractivity contribution in [3.8, 4) is 0 Å². The highest BCUT2D eigenvalue weighted by molar-refractivity contribution is 7.98. The minimum Gasteiger partial charge on any atom is -0.326 e. The molecule has 20 heavy (non-hydrogen) atoms. The molecule has 0 unspecified atom stereocenters. The lowest BCUT2D eigenvalue weighted by Gasteiger charge is -2.09. The minimum absolute atomic E-state index is 0.624. The first kappa shape index (κ1) is 13.7. The molecule has 0 heterocycles. The third kappa shape index (κ3) is 2.92. The normalized spacial score (nSPS) is 13.5. The highest BCUT2D eigenvalue weighted by atomic mass is 32.2. The summed E-state index contributed by atoms with van der Waals surface area (Å²) < 4.78 is 0. The molecule has 0 fully saturated rings. The second-order valence-electron chi connectivity index (χ2n) is 5.54. The van der Waals surface area contributed by atoms with Gasteiger partial charge in [-0.25, -0.2) is 0 Å². The second kappa shape index (κ2) is 6.02. The molecule has 0 spiro atoms. The number of benzene rings is 2. The quantitative estimate of drug-likeness (QED) is 0.850. The Morgan fingerprint density at radius 2 is 1.90 bits per heavy atom. The Morgan fingerprint density at radius 1 is 1.05 bits per heavy atom. The van der Waals surface area contributed by atoms with Crippen LogP contribution in [0.5, 0.6) is 0 Å². The van der Waals surface area contributed by atoms with Crippen molar-refractivity contribution in [1.29, 1.82) is 0 Å². The summed E-state index contributed by atoms with van der Waals surface area (Å²) in [5.74, 6) is 1.04. The van der Waals surface area contributed by atoms with Gasteiger partial charge in [-0.05, 0) is 66.1 Å². The Labute approximate surface area is 125 Å². The van der Waals surface area contributed by atoms with Crippen molar-refractivity contribution < 1.29 is 0 Å². The van der Waals surface area contributed by atoms with Gasteiger partial charge in [-0.2, -0.15) is 0 Å². The predicted molar refractivity (Wildman–Crippen MR) is 87.1 cm³/mol. The lowest BCUT2D eigenvalue weighted by Crippen LogP contribution is -1.97. The number of thioether (sulfide) groups is 1. The molecule has 3 rings (SSSR count). The second-order valence-corrected chi connectivity index (χ2v) is 6.59. The smallest absolute Gasteiger partial charge is 0.0234 e. The van der Waals surface area contributed by atoms with E-state index in [1.54, 1.807) is 11.1 Å². The predicted octanol–water partition coefficient (Wildman–Crippen LogP) is 4.23. The van der Waals surface area contributed by atoms with Crippen molar-refractivity contribution in [3.63, 3.8) is 0 Å². The number of aryl methyl sites for hydroxylation is 3. The van der Waals surface area contributed by atoms with Crippen molar-refractivity contribution in [2.24, 2.45) is 5.73 Å². The van der Waals surface area contributed by atoms with Crippen LogP contribution in [0.2, 0.25) is 0 Å². The van der Waals surface area contributed by atoms with Crippen LogP contribution in [-0.4, -0.2) is 0 Å². The SMILES string of the molecule is Cc1cc(CN)ccc1CSc1ccc2c(c1)CCC2. The van der Waals surface area contributed by atoms with Crippen LogP contribution in [0.15, 0.2) is 41.3 Å². The number of hydrogen-bond acceptors (Lipinski definition) is 2. The molecule has 0 saturated heterocycles. The van der Waals surface area contributed by atoms with Crippen molar-refractivity contribution in [2.75, 3.05) is 0 Å². The summed E-state index contributed by atoms with van der Waals surface area (Å²) in [6.45, 7) is 2.80. The van der Waals surface area contributed by atoms with Gasteiger partial charge in [-0.15, -0.1) is 11.8 Å². The molecule has 104 valence electrons. The molecule has 1 aliphatic carbocycles. The van der Waals surface area contributed by atoms with Crippen LogP contribution in [0.4, 0.5) is 0 Å². The van der Waals surface area contributed by atoms with Crippen LogP contribution in [0.3, 0.4) is 0 Å². The summed E-state index contributed by atoms with van der Waals surface area (Å²) in [5.41, 5.74) is 12.8. The fraction of sp³-hybridized carbons (Fsp3) is 0.333. The van der Waals surface area contributed by atoms with E-state index in [1.165, 1.54) is 40.8 Å². The van der Waals surface area contributed by atoms with Crippen molar-refractivity contribution in [2.45, 2.75) is 43.4 Å². The van der Waals surface area contributed by atoms with Crippen molar-refractivity contribution >= 4 is 11.8 Å². The van der Waals surface area contributed by atoms with Gasteiger partial charge in [-0.3, -0.25) is 0 Å². The van der Waals surface area contributed by atoms with Crippen LogP contribution in [-0.2, 0) is 25.1 Å². The highest BCUT2D eigenvalue weighted by Gasteiger charge is 2.11. The van der Waals surface area contributed by atoms with Crippen LogP contribution in [0.25, 0.3) is 0 Å². The molecule has 2 N–H and O–H groups in total. The molecule has 0 bridgehead atoms. The monoisotopic (exact) mass is 283 g/mol. The van der Waals surface area contributed by atoms with Gasteiger partial charge < -0.3 is 5.73 Å². The van der Waals surface area contributed by atoms with Gasteiger partial charge in [0.05, 0.1) is 0 Å². The van der Waals surface area contributed by atoms with E-state index in [0.29, 0.717) is 6.54 Å². The zero-order chi connectivity index (χ0) is 13.9. The lowest BCUT2D eigenvalue weighted by atomic mass is 10.1. The first-order chi connectivity index (χ1) is 9.76. The molecule has 0 aliphatic heterocycles. The Morgan fingerprint density at radius 3 is 2.70 bits per heavy atom. The van der Waals surface area contributed by atoms with E-state index >= 15 is 0 Å². The first-order valence-corrected chi connectivity index (χ1v) is 8.28. The molecule has 2 heteroatoms. The highest BCUT2D eigenvalue weighted by Crippen LogP contribution is 2.30. The molecule has 0 amide bonds. The first-order valence-electron chi connectivity index (χ1n) is 7.29. The number of fused-ring (bicyclic) bond motifs is 1. The maximum Gasteiger partial charge on any atom is 0.0234 e. The minimum atomic E-state index is 0.624. The molecule has 2 aromatic rings. The molecular formula is C18H21NS. The van der Waals surface area contributed by atoms with Gasteiger partial charge in [0.15, 0.2) is 0 Å². The van der Waals surface area contributed by atoms with Crippen LogP contribution < -0.4 is 5.73 Å². The van der Waals surface area contributed by atoms with Gasteiger partial charge in [-0.1, -0.05) is 24.3 Å². The van der Waals surface area contributed by atoms with Gasteiger partial charge in [0.2, 0.25) is 0 Å². The molecule has 1 nitrogen and oxygen atoms in total. The fourth-order valence-corrected chi connectivity index (χ4v) is 3.88. The van der Waals surface area contributed by atoms with E-state index in [0.717, 1.165) is 5.75 Å². The number of hydrogen-bond donors (Lipinski definition) is 1. The Bertz CT molecular complexity index is 619. The molecule has 2 aromatic carbocycles. The van der Waals surface area contributed by atoms with E-state index in [1.807, 2.05) is 11.8 Å². The van der Waals surface area contributed by atoms with Crippen molar-refractivity contribution in [3.05, 3.63) is 64.2 Å². The Kier molecular flexibility index (Phi) is 4.13. The molecular weight excluding hydrogens is 262 g/mol. The van der Waals surface area contributed by atoms with Crippen LogP contribution in [0, 0.1) is 6.92 Å². The summed E-state index contributed by atoms with van der Waals surface area (Å²) in [4.78, 5) is 1.40. The Balaban J connectivity index is 1.70. The summed E-state index contributed by atoms with van der Waals surface area (Å²) in [7, 11) is 0. The van der Waals surface area contributed by atoms with Gasteiger partial charge in [0.1, 0.15) is 0 Å². The average molecular weight is 283 g/mol. The summed E-state index contributed by atoms with van der Waals surface area (Å²) in [6.07, 6.45) is 3.84. The van der Waals surface area contributed by atoms with Gasteiger partial charge in [0.25, 0.3) is 0 Å². The fourth-order valence-electron chi connectivity index (χ4n) is 2.85. The average Bonchev–Trinajstić information content (AvgIpc) is 2.93. The van der Waals surface area contributed by atoms with E-state index in [2.05, 4.69) is 43.3 Å².